The number of nitrogens with one attached hydrogen (secondary N) is 2. The Morgan fingerprint density at radius 3 is 2.57 bits per heavy atom. The van der Waals surface area contributed by atoms with Gasteiger partial charge in [0.1, 0.15) is 12.1 Å². The Kier molecular flexibility index (Phi) is 8.58. The first kappa shape index (κ1) is 23.6. The number of ketones is 1. The van der Waals surface area contributed by atoms with E-state index < -0.39 is 41.9 Å². The molecule has 0 unspecified atom stereocenters. The van der Waals surface area contributed by atoms with Gasteiger partial charge < -0.3 is 26.6 Å². The fourth-order valence-corrected chi connectivity index (χ4v) is 3.26. The van der Waals surface area contributed by atoms with Gasteiger partial charge in [-0.05, 0) is 17.5 Å². The van der Waals surface area contributed by atoms with Crippen molar-refractivity contribution >= 4 is 42.3 Å². The average molecular weight is 436 g/mol. The van der Waals surface area contributed by atoms with Crippen LogP contribution in [0.15, 0.2) is 30.3 Å². The van der Waals surface area contributed by atoms with E-state index in [9.17, 15) is 24.3 Å². The van der Waals surface area contributed by atoms with Gasteiger partial charge in [-0.1, -0.05) is 36.4 Å². The number of carbonyl (C=O) groups excluding carboxylic acids is 3. The number of hydrogen-bond donors (Lipinski definition) is 6. The molecule has 0 heterocycles. The molecule has 10 heteroatoms. The second kappa shape index (κ2) is 10.9. The van der Waals surface area contributed by atoms with Gasteiger partial charge in [0.25, 0.3) is 0 Å². The second-order valence-electron chi connectivity index (χ2n) is 6.93. The quantitative estimate of drug-likeness (QED) is 0.274. The summed E-state index contributed by atoms with van der Waals surface area (Å²) in [6.45, 7) is -0.322. The summed E-state index contributed by atoms with van der Waals surface area (Å²) >= 11 is 4.03. The van der Waals surface area contributed by atoms with Crippen molar-refractivity contribution in [1.82, 2.24) is 10.6 Å². The van der Waals surface area contributed by atoms with E-state index in [-0.39, 0.29) is 30.9 Å². The summed E-state index contributed by atoms with van der Waals surface area (Å²) in [5, 5.41) is 24.1. The molecular weight excluding hydrogens is 410 g/mol. The van der Waals surface area contributed by atoms with Crippen molar-refractivity contribution < 1.29 is 29.4 Å². The van der Waals surface area contributed by atoms with E-state index >= 15 is 0 Å². The first-order valence-electron chi connectivity index (χ1n) is 9.38. The Balaban J connectivity index is 1.85. The van der Waals surface area contributed by atoms with Crippen molar-refractivity contribution in [2.75, 3.05) is 12.3 Å². The van der Waals surface area contributed by atoms with Crippen LogP contribution >= 0.6 is 12.6 Å². The van der Waals surface area contributed by atoms with Gasteiger partial charge in [-0.25, -0.2) is 0 Å². The summed E-state index contributed by atoms with van der Waals surface area (Å²) in [7, 11) is 0. The summed E-state index contributed by atoms with van der Waals surface area (Å²) in [6, 6.07) is 5.01. The van der Waals surface area contributed by atoms with Gasteiger partial charge in [0.15, 0.2) is 5.78 Å². The Morgan fingerprint density at radius 2 is 1.90 bits per heavy atom. The van der Waals surface area contributed by atoms with Crippen LogP contribution in [0.4, 0.5) is 0 Å². The number of aliphatic carboxylic acids is 1. The lowest BCUT2D eigenvalue weighted by molar-refractivity contribution is -0.138. The average Bonchev–Trinajstić information content (AvgIpc) is 2.74. The van der Waals surface area contributed by atoms with Gasteiger partial charge in [-0.3, -0.25) is 19.2 Å². The molecule has 0 aliphatic heterocycles. The van der Waals surface area contributed by atoms with E-state index in [1.807, 2.05) is 12.1 Å². The lowest BCUT2D eigenvalue weighted by atomic mass is 9.84. The molecule has 9 nitrogen and oxygen atoms in total. The minimum absolute atomic E-state index is 0.0178. The van der Waals surface area contributed by atoms with Crippen molar-refractivity contribution in [1.29, 1.82) is 0 Å². The fraction of sp³-hybridized carbons (Fsp3) is 0.400. The molecule has 0 aromatic heterocycles. The zero-order valence-corrected chi connectivity index (χ0v) is 17.0. The largest absolute Gasteiger partial charge is 0.480 e. The highest BCUT2D eigenvalue weighted by Gasteiger charge is 2.30. The van der Waals surface area contributed by atoms with Crippen LogP contribution in [0.25, 0.3) is 6.08 Å². The second-order valence-corrected chi connectivity index (χ2v) is 7.29. The summed E-state index contributed by atoms with van der Waals surface area (Å²) in [4.78, 5) is 47.4. The van der Waals surface area contributed by atoms with Gasteiger partial charge in [0.05, 0.1) is 18.6 Å². The molecule has 162 valence electrons. The third-order valence-electron chi connectivity index (χ3n) is 4.78. The first-order chi connectivity index (χ1) is 14.2. The zero-order chi connectivity index (χ0) is 22.3. The summed E-state index contributed by atoms with van der Waals surface area (Å²) in [6.07, 6.45) is 2.11. The maximum absolute atomic E-state index is 12.5. The number of amides is 2. The molecule has 4 atom stereocenters. The number of carbonyl (C=O) groups is 4. The highest BCUT2D eigenvalue weighted by Crippen LogP contribution is 2.32. The molecule has 1 aliphatic carbocycles. The molecule has 1 aromatic rings. The number of aliphatic hydroxyl groups excluding tert-OH is 1. The number of nitrogens with two attached hydrogens (primary N) is 1. The topological polar surface area (TPSA) is 159 Å². The molecule has 0 fully saturated rings. The van der Waals surface area contributed by atoms with Gasteiger partial charge in [-0.2, -0.15) is 12.6 Å². The number of benzene rings is 1. The van der Waals surface area contributed by atoms with Gasteiger partial charge in [0, 0.05) is 12.2 Å². The number of thiol groups is 1. The highest BCUT2D eigenvalue weighted by molar-refractivity contribution is 7.80. The van der Waals surface area contributed by atoms with Crippen LogP contribution in [0, 0.1) is 5.92 Å². The summed E-state index contributed by atoms with van der Waals surface area (Å²) < 4.78 is 0. The van der Waals surface area contributed by atoms with E-state index in [1.165, 1.54) is 0 Å². The molecule has 2 amide bonds. The monoisotopic (exact) mass is 435 g/mol. The van der Waals surface area contributed by atoms with Crippen molar-refractivity contribution in [3.05, 3.63) is 41.5 Å². The van der Waals surface area contributed by atoms with Crippen LogP contribution in [0.1, 0.15) is 30.1 Å². The molecule has 2 rings (SSSR count). The Labute approximate surface area is 179 Å². The zero-order valence-electron chi connectivity index (χ0n) is 16.2. The maximum atomic E-state index is 12.5. The van der Waals surface area contributed by atoms with E-state index in [0.717, 1.165) is 5.56 Å². The van der Waals surface area contributed by atoms with Gasteiger partial charge in [-0.15, -0.1) is 0 Å². The van der Waals surface area contributed by atoms with Crippen molar-refractivity contribution in [2.45, 2.75) is 31.0 Å². The first-order valence-corrected chi connectivity index (χ1v) is 10.0. The predicted molar refractivity (Wildman–Crippen MR) is 113 cm³/mol. The number of fused-ring (bicyclic) bond motifs is 1. The number of carboxylic acid groups (broad SMARTS) is 1. The molecule has 0 spiro atoms. The van der Waals surface area contributed by atoms with Crippen molar-refractivity contribution in [2.24, 2.45) is 11.7 Å². The molecule has 0 saturated carbocycles. The molecule has 1 aromatic carbocycles. The number of carboxylic acids is 1. The number of rotatable bonds is 10. The van der Waals surface area contributed by atoms with E-state index in [4.69, 9.17) is 10.8 Å². The minimum Gasteiger partial charge on any atom is -0.480 e. The highest BCUT2D eigenvalue weighted by atomic mass is 32.1. The molecule has 0 saturated heterocycles. The Bertz CT molecular complexity index is 844. The number of aliphatic hydroxyl groups is 1. The number of Topliss-reactive ketones (excluding diaryl/α,β-unsaturated/α-hetero) is 1. The van der Waals surface area contributed by atoms with Crippen LogP contribution < -0.4 is 16.4 Å². The normalized spacial score (nSPS) is 19.3. The molecule has 30 heavy (non-hydrogen) atoms. The Morgan fingerprint density at radius 1 is 1.20 bits per heavy atom. The molecular formula is C20H25N3O6S. The molecule has 0 bridgehead atoms. The lowest BCUT2D eigenvalue weighted by Crippen LogP contribution is -2.49. The van der Waals surface area contributed by atoms with E-state index in [0.29, 0.717) is 5.56 Å². The van der Waals surface area contributed by atoms with E-state index in [2.05, 4.69) is 23.3 Å². The number of hydrogen-bond acceptors (Lipinski definition) is 7. The third-order valence-corrected chi connectivity index (χ3v) is 5.15. The van der Waals surface area contributed by atoms with Crippen molar-refractivity contribution in [3.63, 3.8) is 0 Å². The standard InChI is InChI=1S/C20H25N3O6S/c21-14(20(28)29)7-8-17(25)23-15(10-30)19(27)22-9-16(24)13-6-5-11-3-1-2-4-12(11)18(13)26/h1-6,13-15,18,26,30H,7-10,21H2,(H,22,27)(H,23,25)(H,28,29)/t13-,14-,15-,18-/m0/s1. The Hall–Kier alpha value is -2.69. The molecule has 0 radical (unpaired) electrons. The van der Waals surface area contributed by atoms with Crippen LogP contribution in [0.3, 0.4) is 0 Å². The molecule has 1 aliphatic rings. The maximum Gasteiger partial charge on any atom is 0.320 e. The summed E-state index contributed by atoms with van der Waals surface area (Å²) in [5.74, 6) is -3.56. The predicted octanol–water partition coefficient (Wildman–Crippen LogP) is -0.345. The van der Waals surface area contributed by atoms with Gasteiger partial charge >= 0.3 is 5.97 Å². The smallest absolute Gasteiger partial charge is 0.320 e. The SMILES string of the molecule is N[C@@H](CCC(=O)N[C@@H](CS)C(=O)NCC(=O)[C@@H]1C=Cc2ccccc2[C@@H]1O)C(=O)O. The minimum atomic E-state index is -1.22. The van der Waals surface area contributed by atoms with Crippen LogP contribution in [0.5, 0.6) is 0 Å². The fourth-order valence-electron chi connectivity index (χ4n) is 3.01. The van der Waals surface area contributed by atoms with Crippen LogP contribution in [-0.4, -0.2) is 58.2 Å². The van der Waals surface area contributed by atoms with Crippen LogP contribution in [0.2, 0.25) is 0 Å². The molecule has 6 N–H and O–H groups in total. The third kappa shape index (κ3) is 6.15. The van der Waals surface area contributed by atoms with E-state index in [1.54, 1.807) is 24.3 Å². The lowest BCUT2D eigenvalue weighted by Gasteiger charge is -2.25. The van der Waals surface area contributed by atoms with Gasteiger partial charge in [0.2, 0.25) is 11.8 Å². The summed E-state index contributed by atoms with van der Waals surface area (Å²) in [5.41, 5.74) is 6.82. The van der Waals surface area contributed by atoms with Crippen molar-refractivity contribution in [3.8, 4) is 0 Å². The van der Waals surface area contributed by atoms with Crippen LogP contribution in [-0.2, 0) is 19.2 Å².